The Morgan fingerprint density at radius 1 is 1.40 bits per heavy atom. The first-order valence-electron chi connectivity index (χ1n) is 4.71. The zero-order valence-electron chi connectivity index (χ0n) is 8.96. The molecule has 0 saturated carbocycles. The number of aromatic nitrogens is 2. The van der Waals surface area contributed by atoms with Gasteiger partial charge in [-0.3, -0.25) is 0 Å². The van der Waals surface area contributed by atoms with Crippen LogP contribution in [0.25, 0.3) is 0 Å². The number of ether oxygens (including phenoxy) is 1. The second-order valence-corrected chi connectivity index (χ2v) is 3.86. The molecule has 6 heteroatoms. The fraction of sp³-hybridized carbons (Fsp3) is 0.778. The molecular weight excluding hydrogens is 206 g/mol. The zero-order valence-corrected chi connectivity index (χ0v) is 8.96. The van der Waals surface area contributed by atoms with Crippen LogP contribution in [0.1, 0.15) is 32.9 Å². The third-order valence-corrected chi connectivity index (χ3v) is 2.33. The van der Waals surface area contributed by atoms with E-state index in [0.717, 1.165) is 6.42 Å². The lowest BCUT2D eigenvalue weighted by atomic mass is 9.87. The average Bonchev–Trinajstić information content (AvgIpc) is 2.63. The van der Waals surface area contributed by atoms with Crippen molar-refractivity contribution in [1.82, 2.24) is 10.3 Å². The molecule has 1 rings (SSSR count). The van der Waals surface area contributed by atoms with Crippen LogP contribution >= 0.6 is 0 Å². The topological polar surface area (TPSA) is 48.2 Å². The molecule has 0 aliphatic carbocycles. The number of halogens is 2. The maximum Gasteiger partial charge on any atom is 0.279 e. The number of rotatable bonds is 5. The van der Waals surface area contributed by atoms with Crippen molar-refractivity contribution in [3.63, 3.8) is 0 Å². The van der Waals surface area contributed by atoms with Gasteiger partial charge in [-0.05, 0) is 11.6 Å². The highest BCUT2D eigenvalue weighted by Gasteiger charge is 2.28. The van der Waals surface area contributed by atoms with Gasteiger partial charge in [0.1, 0.15) is 0 Å². The van der Waals surface area contributed by atoms with E-state index in [0.29, 0.717) is 5.69 Å². The van der Waals surface area contributed by atoms with Gasteiger partial charge in [-0.25, -0.2) is 13.4 Å². The van der Waals surface area contributed by atoms with Crippen LogP contribution in [0.3, 0.4) is 0 Å². The Labute approximate surface area is 86.6 Å². The highest BCUT2D eigenvalue weighted by molar-refractivity contribution is 5.23. The summed E-state index contributed by atoms with van der Waals surface area (Å²) in [5.74, 6) is 0.0575. The molecule has 0 aromatic carbocycles. The molecule has 15 heavy (non-hydrogen) atoms. The van der Waals surface area contributed by atoms with E-state index < -0.39 is 13.0 Å². The maximum absolute atomic E-state index is 11.9. The second-order valence-electron chi connectivity index (χ2n) is 3.86. The lowest BCUT2D eigenvalue weighted by Gasteiger charge is -2.19. The molecule has 0 radical (unpaired) electrons. The van der Waals surface area contributed by atoms with E-state index in [4.69, 9.17) is 4.74 Å². The fourth-order valence-electron chi connectivity index (χ4n) is 0.998. The third-order valence-electron chi connectivity index (χ3n) is 2.33. The van der Waals surface area contributed by atoms with Gasteiger partial charge in [0, 0.05) is 5.41 Å². The van der Waals surface area contributed by atoms with E-state index >= 15 is 0 Å². The Morgan fingerprint density at radius 2 is 2.07 bits per heavy atom. The predicted octanol–water partition coefficient (Wildman–Crippen LogP) is 2.40. The molecule has 1 aromatic heterocycles. The minimum absolute atomic E-state index is 0.0575. The van der Waals surface area contributed by atoms with Gasteiger partial charge >= 0.3 is 0 Å². The van der Waals surface area contributed by atoms with Gasteiger partial charge in [0.2, 0.25) is 0 Å². The predicted molar refractivity (Wildman–Crippen MR) is 49.1 cm³/mol. The summed E-state index contributed by atoms with van der Waals surface area (Å²) in [4.78, 5) is 0. The van der Waals surface area contributed by atoms with Crippen molar-refractivity contribution in [2.75, 3.05) is 6.61 Å². The second kappa shape index (κ2) is 4.55. The van der Waals surface area contributed by atoms with Crippen molar-refractivity contribution < 1.29 is 18.1 Å². The highest BCUT2D eigenvalue weighted by Crippen LogP contribution is 2.31. The molecule has 0 amide bonds. The monoisotopic (exact) mass is 220 g/mol. The molecule has 4 nitrogen and oxygen atoms in total. The van der Waals surface area contributed by atoms with Gasteiger partial charge in [0.05, 0.1) is 0 Å². The van der Waals surface area contributed by atoms with Gasteiger partial charge < -0.3 is 4.74 Å². The van der Waals surface area contributed by atoms with E-state index in [1.165, 1.54) is 0 Å². The van der Waals surface area contributed by atoms with E-state index in [9.17, 15) is 8.78 Å². The molecule has 0 bridgehead atoms. The number of hydrogen-bond donors (Lipinski definition) is 0. The van der Waals surface area contributed by atoms with Crippen LogP contribution in [0.15, 0.2) is 4.63 Å². The zero-order chi connectivity index (χ0) is 11.5. The number of alkyl halides is 2. The summed E-state index contributed by atoms with van der Waals surface area (Å²) in [5.41, 5.74) is 0.183. The first-order valence-corrected chi connectivity index (χ1v) is 4.71. The summed E-state index contributed by atoms with van der Waals surface area (Å²) < 4.78 is 33.2. The van der Waals surface area contributed by atoms with Crippen molar-refractivity contribution in [3.05, 3.63) is 5.69 Å². The first-order chi connectivity index (χ1) is 6.97. The van der Waals surface area contributed by atoms with Gasteiger partial charge in [-0.15, -0.1) is 0 Å². The fourth-order valence-corrected chi connectivity index (χ4v) is 0.998. The molecule has 0 aliphatic heterocycles. The minimum Gasteiger partial charge on any atom is -0.468 e. The Bertz CT molecular complexity index is 313. The SMILES string of the molecule is CCC(C)(C)c1nonc1OCC(F)F. The van der Waals surface area contributed by atoms with Crippen molar-refractivity contribution in [3.8, 4) is 5.88 Å². The molecule has 1 heterocycles. The molecule has 0 unspecified atom stereocenters. The van der Waals surface area contributed by atoms with E-state index in [1.807, 2.05) is 20.8 Å². The molecule has 0 N–H and O–H groups in total. The summed E-state index contributed by atoms with van der Waals surface area (Å²) >= 11 is 0. The largest absolute Gasteiger partial charge is 0.468 e. The van der Waals surface area contributed by atoms with Crippen molar-refractivity contribution >= 4 is 0 Å². The third kappa shape index (κ3) is 2.87. The highest BCUT2D eigenvalue weighted by atomic mass is 19.3. The van der Waals surface area contributed by atoms with Crippen molar-refractivity contribution in [2.45, 2.75) is 39.0 Å². The number of hydrogen-bond acceptors (Lipinski definition) is 4. The molecule has 0 aliphatic rings. The van der Waals surface area contributed by atoms with Crippen LogP contribution in [-0.2, 0) is 5.41 Å². The quantitative estimate of drug-likeness (QED) is 0.764. The smallest absolute Gasteiger partial charge is 0.279 e. The molecule has 1 aromatic rings. The van der Waals surface area contributed by atoms with Gasteiger partial charge in [0.25, 0.3) is 12.3 Å². The summed E-state index contributed by atoms with van der Waals surface area (Å²) in [6.45, 7) is 5.11. The van der Waals surface area contributed by atoms with E-state index in [1.54, 1.807) is 0 Å². The standard InChI is InChI=1S/C9H14F2N2O2/c1-4-9(2,3)7-8(13-15-12-7)14-5-6(10)11/h6H,4-5H2,1-3H3. The van der Waals surface area contributed by atoms with E-state index in [-0.39, 0.29) is 11.3 Å². The van der Waals surface area contributed by atoms with Crippen LogP contribution in [-0.4, -0.2) is 23.3 Å². The van der Waals surface area contributed by atoms with Crippen LogP contribution in [0.4, 0.5) is 8.78 Å². The lowest BCUT2D eigenvalue weighted by Crippen LogP contribution is -2.18. The average molecular weight is 220 g/mol. The summed E-state index contributed by atoms with van der Waals surface area (Å²) in [7, 11) is 0. The molecule has 0 spiro atoms. The van der Waals surface area contributed by atoms with Gasteiger partial charge in [-0.2, -0.15) is 0 Å². The van der Waals surface area contributed by atoms with Gasteiger partial charge in [0.15, 0.2) is 12.3 Å². The van der Waals surface area contributed by atoms with Crippen molar-refractivity contribution in [1.29, 1.82) is 0 Å². The maximum atomic E-state index is 11.9. The normalized spacial score (nSPS) is 12.1. The van der Waals surface area contributed by atoms with Crippen molar-refractivity contribution in [2.24, 2.45) is 0 Å². The molecule has 0 atom stereocenters. The number of nitrogens with zero attached hydrogens (tertiary/aromatic N) is 2. The molecular formula is C9H14F2N2O2. The summed E-state index contributed by atoms with van der Waals surface area (Å²) in [6.07, 6.45) is -1.74. The van der Waals surface area contributed by atoms with Crippen LogP contribution in [0, 0.1) is 0 Å². The van der Waals surface area contributed by atoms with E-state index in [2.05, 4.69) is 14.9 Å². The Hall–Kier alpha value is -1.20. The molecule has 0 fully saturated rings. The van der Waals surface area contributed by atoms with Crippen LogP contribution < -0.4 is 4.74 Å². The Balaban J connectivity index is 2.78. The first kappa shape index (κ1) is 11.9. The Morgan fingerprint density at radius 3 is 2.60 bits per heavy atom. The summed E-state index contributed by atoms with van der Waals surface area (Å²) in [6, 6.07) is 0. The summed E-state index contributed by atoms with van der Waals surface area (Å²) in [5, 5.41) is 7.14. The van der Waals surface area contributed by atoms with Crippen LogP contribution in [0.2, 0.25) is 0 Å². The minimum atomic E-state index is -2.53. The Kier molecular flexibility index (Phi) is 3.60. The van der Waals surface area contributed by atoms with Crippen LogP contribution in [0.5, 0.6) is 5.88 Å². The lowest BCUT2D eigenvalue weighted by molar-refractivity contribution is 0.0765. The van der Waals surface area contributed by atoms with Gasteiger partial charge in [-0.1, -0.05) is 25.9 Å². The molecule has 0 saturated heterocycles. The molecule has 86 valence electrons.